The van der Waals surface area contributed by atoms with E-state index in [2.05, 4.69) is 25.9 Å². The quantitative estimate of drug-likeness (QED) is 0.848. The van der Waals surface area contributed by atoms with Gasteiger partial charge in [-0.15, -0.1) is 10.2 Å². The van der Waals surface area contributed by atoms with Crippen LogP contribution >= 0.6 is 0 Å². The fraction of sp³-hybridized carbons (Fsp3) is 0.467. The summed E-state index contributed by atoms with van der Waals surface area (Å²) < 4.78 is 0. The summed E-state index contributed by atoms with van der Waals surface area (Å²) >= 11 is 0. The van der Waals surface area contributed by atoms with Gasteiger partial charge in [0.05, 0.1) is 0 Å². The zero-order valence-electron chi connectivity index (χ0n) is 11.9. The number of nitrogens with one attached hydrogen (secondary N) is 2. The van der Waals surface area contributed by atoms with Gasteiger partial charge in [0.2, 0.25) is 5.82 Å². The highest BCUT2D eigenvalue weighted by atomic mass is 16.1. The van der Waals surface area contributed by atoms with Crippen LogP contribution in [0.3, 0.4) is 0 Å². The Labute approximate surface area is 123 Å². The van der Waals surface area contributed by atoms with E-state index >= 15 is 0 Å². The molecule has 6 nitrogen and oxygen atoms in total. The second kappa shape index (κ2) is 6.47. The van der Waals surface area contributed by atoms with Crippen molar-refractivity contribution in [3.8, 4) is 11.4 Å². The van der Waals surface area contributed by atoms with E-state index in [9.17, 15) is 4.79 Å². The van der Waals surface area contributed by atoms with Crippen LogP contribution in [0.15, 0.2) is 24.3 Å². The van der Waals surface area contributed by atoms with Crippen molar-refractivity contribution in [2.24, 2.45) is 0 Å². The second-order valence-corrected chi connectivity index (χ2v) is 5.47. The number of amides is 1. The fourth-order valence-electron chi connectivity index (χ4n) is 2.75. The van der Waals surface area contributed by atoms with Crippen LogP contribution in [0.1, 0.15) is 48.9 Å². The van der Waals surface area contributed by atoms with Crippen LogP contribution in [0.25, 0.3) is 11.4 Å². The molecule has 3 rings (SSSR count). The number of rotatable bonds is 3. The molecule has 0 unspecified atom stereocenters. The van der Waals surface area contributed by atoms with E-state index in [1.807, 2.05) is 12.1 Å². The molecular formula is C15H19N5O. The maximum Gasteiger partial charge on any atom is 0.251 e. The lowest BCUT2D eigenvalue weighted by atomic mass is 10.1. The molecule has 0 aliphatic heterocycles. The average Bonchev–Trinajstić information content (AvgIpc) is 2.93. The molecule has 0 radical (unpaired) electrons. The number of hydrogen-bond acceptors (Lipinski definition) is 4. The van der Waals surface area contributed by atoms with Crippen LogP contribution in [0.4, 0.5) is 0 Å². The molecule has 0 spiro atoms. The van der Waals surface area contributed by atoms with Crippen LogP contribution in [-0.2, 0) is 0 Å². The Morgan fingerprint density at radius 1 is 1.10 bits per heavy atom. The minimum Gasteiger partial charge on any atom is -0.349 e. The van der Waals surface area contributed by atoms with Crippen molar-refractivity contribution in [1.82, 2.24) is 25.9 Å². The van der Waals surface area contributed by atoms with E-state index in [0.717, 1.165) is 18.4 Å². The van der Waals surface area contributed by atoms with E-state index in [4.69, 9.17) is 0 Å². The molecule has 0 atom stereocenters. The van der Waals surface area contributed by atoms with Crippen LogP contribution in [0.5, 0.6) is 0 Å². The van der Waals surface area contributed by atoms with Crippen molar-refractivity contribution < 1.29 is 4.79 Å². The van der Waals surface area contributed by atoms with E-state index in [1.165, 1.54) is 25.7 Å². The Morgan fingerprint density at radius 3 is 2.43 bits per heavy atom. The summed E-state index contributed by atoms with van der Waals surface area (Å²) in [6.45, 7) is 0. The summed E-state index contributed by atoms with van der Waals surface area (Å²) in [6.07, 6.45) is 7.17. The molecule has 1 aliphatic rings. The van der Waals surface area contributed by atoms with Gasteiger partial charge in [-0.25, -0.2) is 0 Å². The number of aromatic nitrogens is 4. The Hall–Kier alpha value is -2.24. The Kier molecular flexibility index (Phi) is 4.23. The van der Waals surface area contributed by atoms with Gasteiger partial charge in [-0.05, 0) is 30.2 Å². The molecule has 0 bridgehead atoms. The number of carbonyl (C=O) groups is 1. The molecule has 21 heavy (non-hydrogen) atoms. The molecule has 2 N–H and O–H groups in total. The van der Waals surface area contributed by atoms with Crippen LogP contribution in [0.2, 0.25) is 0 Å². The van der Waals surface area contributed by atoms with Gasteiger partial charge in [0, 0.05) is 17.2 Å². The van der Waals surface area contributed by atoms with Gasteiger partial charge in [0.25, 0.3) is 5.91 Å². The van der Waals surface area contributed by atoms with E-state index in [0.29, 0.717) is 17.4 Å². The number of H-pyrrole nitrogens is 1. The molecule has 1 aromatic carbocycles. The van der Waals surface area contributed by atoms with E-state index in [1.54, 1.807) is 12.1 Å². The fourth-order valence-corrected chi connectivity index (χ4v) is 2.75. The SMILES string of the molecule is O=C(NC1CCCCCC1)c1ccc(-c2nn[nH]n2)cc1. The molecule has 1 aliphatic carbocycles. The zero-order valence-corrected chi connectivity index (χ0v) is 11.9. The van der Waals surface area contributed by atoms with Gasteiger partial charge in [-0.3, -0.25) is 4.79 Å². The molecule has 1 saturated carbocycles. The maximum absolute atomic E-state index is 12.3. The summed E-state index contributed by atoms with van der Waals surface area (Å²) in [5.74, 6) is 0.535. The molecule has 1 fully saturated rings. The van der Waals surface area contributed by atoms with Crippen molar-refractivity contribution in [3.63, 3.8) is 0 Å². The summed E-state index contributed by atoms with van der Waals surface area (Å²) in [6, 6.07) is 7.60. The number of aromatic amines is 1. The van der Waals surface area contributed by atoms with Gasteiger partial charge in [-0.1, -0.05) is 37.8 Å². The van der Waals surface area contributed by atoms with Crippen LogP contribution in [-0.4, -0.2) is 32.6 Å². The lowest BCUT2D eigenvalue weighted by Gasteiger charge is -2.16. The largest absolute Gasteiger partial charge is 0.349 e. The van der Waals surface area contributed by atoms with E-state index in [-0.39, 0.29) is 5.91 Å². The van der Waals surface area contributed by atoms with Crippen molar-refractivity contribution >= 4 is 5.91 Å². The molecule has 110 valence electrons. The van der Waals surface area contributed by atoms with E-state index < -0.39 is 0 Å². The highest BCUT2D eigenvalue weighted by molar-refractivity contribution is 5.94. The number of benzene rings is 1. The third-order valence-electron chi connectivity index (χ3n) is 3.94. The lowest BCUT2D eigenvalue weighted by molar-refractivity contribution is 0.0933. The van der Waals surface area contributed by atoms with Gasteiger partial charge in [-0.2, -0.15) is 5.21 Å². The number of hydrogen-bond donors (Lipinski definition) is 2. The minimum atomic E-state index is 0.00145. The normalized spacial score (nSPS) is 16.4. The van der Waals surface area contributed by atoms with Gasteiger partial charge < -0.3 is 5.32 Å². The number of tetrazole rings is 1. The minimum absolute atomic E-state index is 0.00145. The Bertz CT molecular complexity index is 571. The first kappa shape index (κ1) is 13.7. The average molecular weight is 285 g/mol. The highest BCUT2D eigenvalue weighted by Gasteiger charge is 2.15. The Balaban J connectivity index is 1.64. The van der Waals surface area contributed by atoms with Crippen molar-refractivity contribution in [2.45, 2.75) is 44.6 Å². The van der Waals surface area contributed by atoms with Gasteiger partial charge in [0.15, 0.2) is 0 Å². The Morgan fingerprint density at radius 2 is 1.81 bits per heavy atom. The highest BCUT2D eigenvalue weighted by Crippen LogP contribution is 2.18. The molecule has 1 aromatic heterocycles. The van der Waals surface area contributed by atoms with Gasteiger partial charge >= 0.3 is 0 Å². The molecule has 0 saturated heterocycles. The smallest absolute Gasteiger partial charge is 0.251 e. The van der Waals surface area contributed by atoms with Gasteiger partial charge in [0.1, 0.15) is 0 Å². The summed E-state index contributed by atoms with van der Waals surface area (Å²) in [5.41, 5.74) is 1.52. The third-order valence-corrected chi connectivity index (χ3v) is 3.94. The van der Waals surface area contributed by atoms with Crippen LogP contribution < -0.4 is 5.32 Å². The first-order valence-electron chi connectivity index (χ1n) is 7.48. The first-order valence-corrected chi connectivity index (χ1v) is 7.48. The third kappa shape index (κ3) is 3.45. The predicted molar refractivity (Wildman–Crippen MR) is 78.6 cm³/mol. The first-order chi connectivity index (χ1) is 10.3. The molecule has 6 heteroatoms. The number of carbonyl (C=O) groups excluding carboxylic acids is 1. The standard InChI is InChI=1S/C15H19N5O/c21-15(16-13-5-3-1-2-4-6-13)12-9-7-11(8-10-12)14-17-19-20-18-14/h7-10,13H,1-6H2,(H,16,21)(H,17,18,19,20). The summed E-state index contributed by atoms with van der Waals surface area (Å²) in [7, 11) is 0. The molecular weight excluding hydrogens is 266 g/mol. The van der Waals surface area contributed by atoms with Crippen molar-refractivity contribution in [1.29, 1.82) is 0 Å². The topological polar surface area (TPSA) is 83.6 Å². The zero-order chi connectivity index (χ0) is 14.5. The molecule has 1 amide bonds. The molecule has 1 heterocycles. The monoisotopic (exact) mass is 285 g/mol. The summed E-state index contributed by atoms with van der Waals surface area (Å²) in [5, 5.41) is 16.9. The molecule has 2 aromatic rings. The van der Waals surface area contributed by atoms with Crippen LogP contribution in [0, 0.1) is 0 Å². The lowest BCUT2D eigenvalue weighted by Crippen LogP contribution is -2.34. The summed E-state index contributed by atoms with van der Waals surface area (Å²) in [4.78, 5) is 12.3. The second-order valence-electron chi connectivity index (χ2n) is 5.47. The maximum atomic E-state index is 12.3. The number of nitrogens with zero attached hydrogens (tertiary/aromatic N) is 3. The van der Waals surface area contributed by atoms with Crippen molar-refractivity contribution in [2.75, 3.05) is 0 Å². The predicted octanol–water partition coefficient (Wildman–Crippen LogP) is 2.32. The van der Waals surface area contributed by atoms with Crippen molar-refractivity contribution in [3.05, 3.63) is 29.8 Å².